The van der Waals surface area contributed by atoms with Gasteiger partial charge in [-0.1, -0.05) is 62.4 Å². The molecule has 1 heterocycles. The molecule has 132 valence electrons. The van der Waals surface area contributed by atoms with Crippen molar-refractivity contribution in [1.29, 1.82) is 0 Å². The zero-order chi connectivity index (χ0) is 18.8. The predicted octanol–water partition coefficient (Wildman–Crippen LogP) is 5.95. The van der Waals surface area contributed by atoms with Crippen molar-refractivity contribution in [2.75, 3.05) is 0 Å². The van der Waals surface area contributed by atoms with Gasteiger partial charge in [0, 0.05) is 11.5 Å². The van der Waals surface area contributed by atoms with Crippen LogP contribution in [0.5, 0.6) is 0 Å². The van der Waals surface area contributed by atoms with Gasteiger partial charge in [-0.15, -0.1) is 0 Å². The Balaban J connectivity index is 1.87. The summed E-state index contributed by atoms with van der Waals surface area (Å²) in [5, 5.41) is 2.59. The van der Waals surface area contributed by atoms with Crippen LogP contribution in [0.15, 0.2) is 72.9 Å². The van der Waals surface area contributed by atoms with E-state index >= 15 is 0 Å². The standard InChI is InChI=1S/C26H24N/c1-17-19(25-20-10-6-5-9-18(20)15-16-27(25)4)13-14-23-24(17)21-11-7-8-12-22(21)26(23,2)3/h5-16H,1-4H3/q+1. The van der Waals surface area contributed by atoms with Crippen molar-refractivity contribution in [3.63, 3.8) is 0 Å². The fourth-order valence-electron chi connectivity index (χ4n) is 4.88. The van der Waals surface area contributed by atoms with E-state index < -0.39 is 0 Å². The molecule has 1 nitrogen and oxygen atoms in total. The Kier molecular flexibility index (Phi) is 3.33. The number of hydrogen-bond donors (Lipinski definition) is 0. The molecule has 4 aromatic rings. The van der Waals surface area contributed by atoms with Gasteiger partial charge in [-0.2, -0.15) is 0 Å². The second kappa shape index (κ2) is 5.53. The van der Waals surface area contributed by atoms with Crippen LogP contribution < -0.4 is 4.57 Å². The van der Waals surface area contributed by atoms with Gasteiger partial charge in [0.25, 0.3) is 0 Å². The van der Waals surface area contributed by atoms with Crippen molar-refractivity contribution in [2.24, 2.45) is 7.05 Å². The number of aromatic nitrogens is 1. The maximum Gasteiger partial charge on any atom is 0.220 e. The van der Waals surface area contributed by atoms with Crippen molar-refractivity contribution in [2.45, 2.75) is 26.2 Å². The molecule has 0 bridgehead atoms. The quantitative estimate of drug-likeness (QED) is 0.374. The average molecular weight is 350 g/mol. The molecule has 3 aromatic carbocycles. The Morgan fingerprint density at radius 3 is 2.33 bits per heavy atom. The van der Waals surface area contributed by atoms with Crippen LogP contribution in [0.3, 0.4) is 0 Å². The molecule has 0 aliphatic heterocycles. The second-order valence-corrected chi connectivity index (χ2v) is 8.19. The molecule has 0 unspecified atom stereocenters. The van der Waals surface area contributed by atoms with Crippen LogP contribution in [-0.4, -0.2) is 0 Å². The van der Waals surface area contributed by atoms with Gasteiger partial charge in [0.15, 0.2) is 6.20 Å². The topological polar surface area (TPSA) is 3.88 Å². The van der Waals surface area contributed by atoms with E-state index in [9.17, 15) is 0 Å². The maximum atomic E-state index is 2.35. The summed E-state index contributed by atoms with van der Waals surface area (Å²) in [6, 6.07) is 24.4. The van der Waals surface area contributed by atoms with E-state index in [1.54, 1.807) is 0 Å². The summed E-state index contributed by atoms with van der Waals surface area (Å²) in [7, 11) is 2.15. The van der Waals surface area contributed by atoms with Crippen molar-refractivity contribution in [3.05, 3.63) is 89.6 Å². The first kappa shape index (κ1) is 16.3. The average Bonchev–Trinajstić information content (AvgIpc) is 2.91. The van der Waals surface area contributed by atoms with Crippen LogP contribution in [0.25, 0.3) is 33.2 Å². The number of pyridine rings is 1. The van der Waals surface area contributed by atoms with Gasteiger partial charge < -0.3 is 0 Å². The summed E-state index contributed by atoms with van der Waals surface area (Å²) in [6.45, 7) is 6.97. The third kappa shape index (κ3) is 2.15. The smallest absolute Gasteiger partial charge is 0.200 e. The first-order valence-electron chi connectivity index (χ1n) is 9.62. The van der Waals surface area contributed by atoms with Gasteiger partial charge in [-0.3, -0.25) is 0 Å². The van der Waals surface area contributed by atoms with E-state index in [1.165, 1.54) is 49.8 Å². The molecule has 0 saturated heterocycles. The van der Waals surface area contributed by atoms with E-state index in [0.29, 0.717) is 0 Å². The van der Waals surface area contributed by atoms with E-state index in [4.69, 9.17) is 0 Å². The molecular weight excluding hydrogens is 326 g/mol. The normalized spacial score (nSPS) is 14.2. The molecule has 0 atom stereocenters. The van der Waals surface area contributed by atoms with Gasteiger partial charge >= 0.3 is 0 Å². The van der Waals surface area contributed by atoms with E-state index in [0.717, 1.165) is 0 Å². The zero-order valence-corrected chi connectivity index (χ0v) is 16.4. The lowest BCUT2D eigenvalue weighted by Gasteiger charge is -2.22. The molecule has 5 rings (SSSR count). The largest absolute Gasteiger partial charge is 0.220 e. The van der Waals surface area contributed by atoms with Crippen molar-refractivity contribution in [3.8, 4) is 22.4 Å². The highest BCUT2D eigenvalue weighted by atomic mass is 14.9. The number of fused-ring (bicyclic) bond motifs is 4. The van der Waals surface area contributed by atoms with Crippen molar-refractivity contribution < 1.29 is 4.57 Å². The predicted molar refractivity (Wildman–Crippen MR) is 113 cm³/mol. The SMILES string of the molecule is Cc1c(-c2c3ccccc3cc[n+]2C)ccc2c1-c1ccccc1C2(C)C. The summed E-state index contributed by atoms with van der Waals surface area (Å²) in [4.78, 5) is 0. The highest BCUT2D eigenvalue weighted by Gasteiger charge is 2.37. The Bertz CT molecular complexity index is 1210. The Hall–Kier alpha value is -2.93. The Morgan fingerprint density at radius 1 is 0.741 bits per heavy atom. The van der Waals surface area contributed by atoms with Crippen LogP contribution >= 0.6 is 0 Å². The molecule has 0 saturated carbocycles. The Labute approximate surface area is 160 Å². The summed E-state index contributed by atoms with van der Waals surface area (Å²) in [6.07, 6.45) is 2.17. The number of nitrogens with zero attached hydrogens (tertiary/aromatic N) is 1. The van der Waals surface area contributed by atoms with Crippen molar-refractivity contribution >= 4 is 10.8 Å². The molecule has 27 heavy (non-hydrogen) atoms. The third-order valence-electron chi connectivity index (χ3n) is 6.31. The molecule has 0 N–H and O–H groups in total. The van der Waals surface area contributed by atoms with Crippen LogP contribution in [0.4, 0.5) is 0 Å². The van der Waals surface area contributed by atoms with Crippen molar-refractivity contribution in [1.82, 2.24) is 0 Å². The lowest BCUT2D eigenvalue weighted by molar-refractivity contribution is -0.659. The summed E-state index contributed by atoms with van der Waals surface area (Å²) < 4.78 is 2.25. The third-order valence-corrected chi connectivity index (χ3v) is 6.31. The van der Waals surface area contributed by atoms with Crippen LogP contribution in [0.1, 0.15) is 30.5 Å². The molecule has 0 amide bonds. The number of aryl methyl sites for hydroxylation is 1. The summed E-state index contributed by atoms with van der Waals surface area (Å²) in [5.74, 6) is 0. The number of rotatable bonds is 1. The number of benzene rings is 3. The second-order valence-electron chi connectivity index (χ2n) is 8.19. The van der Waals surface area contributed by atoms with Crippen LogP contribution in [0, 0.1) is 6.92 Å². The maximum absolute atomic E-state index is 2.35. The number of hydrogen-bond acceptors (Lipinski definition) is 0. The fraction of sp³-hybridized carbons (Fsp3) is 0.192. The molecule has 1 aliphatic carbocycles. The van der Waals surface area contributed by atoms with Gasteiger partial charge in [0.1, 0.15) is 7.05 Å². The Morgan fingerprint density at radius 2 is 1.48 bits per heavy atom. The van der Waals surface area contributed by atoms with Gasteiger partial charge in [-0.05, 0) is 52.3 Å². The van der Waals surface area contributed by atoms with Gasteiger partial charge in [-0.25, -0.2) is 4.57 Å². The van der Waals surface area contributed by atoms with E-state index in [2.05, 4.69) is 105 Å². The zero-order valence-electron chi connectivity index (χ0n) is 16.4. The molecular formula is C26H24N+. The molecule has 0 fully saturated rings. The minimum Gasteiger partial charge on any atom is -0.200 e. The monoisotopic (exact) mass is 350 g/mol. The highest BCUT2D eigenvalue weighted by Crippen LogP contribution is 2.51. The summed E-state index contributed by atoms with van der Waals surface area (Å²) >= 11 is 0. The lowest BCUT2D eigenvalue weighted by atomic mass is 9.81. The molecule has 1 heteroatoms. The first-order valence-corrected chi connectivity index (χ1v) is 9.62. The minimum atomic E-state index is 0.0517. The van der Waals surface area contributed by atoms with Gasteiger partial charge in [0.05, 0.1) is 10.9 Å². The van der Waals surface area contributed by atoms with Gasteiger partial charge in [0.2, 0.25) is 5.69 Å². The molecule has 0 radical (unpaired) electrons. The minimum absolute atomic E-state index is 0.0517. The van der Waals surface area contributed by atoms with Crippen LogP contribution in [-0.2, 0) is 12.5 Å². The summed E-state index contributed by atoms with van der Waals surface area (Å²) in [5.41, 5.74) is 9.71. The molecule has 1 aromatic heterocycles. The van der Waals surface area contributed by atoms with Crippen LogP contribution in [0.2, 0.25) is 0 Å². The molecule has 1 aliphatic rings. The fourth-order valence-corrected chi connectivity index (χ4v) is 4.88. The van der Waals surface area contributed by atoms with E-state index in [1.807, 2.05) is 0 Å². The first-order chi connectivity index (χ1) is 13.0. The van der Waals surface area contributed by atoms with E-state index in [-0.39, 0.29) is 5.41 Å². The lowest BCUT2D eigenvalue weighted by Crippen LogP contribution is -2.30. The molecule has 0 spiro atoms. The highest BCUT2D eigenvalue weighted by molar-refractivity contribution is 5.96.